The molecule has 3 aromatic rings. The van der Waals surface area contributed by atoms with Crippen LogP contribution in [0.5, 0.6) is 5.75 Å². The lowest BCUT2D eigenvalue weighted by molar-refractivity contribution is 0.102. The van der Waals surface area contributed by atoms with E-state index in [1.165, 1.54) is 12.1 Å². The van der Waals surface area contributed by atoms with Gasteiger partial charge in [-0.3, -0.25) is 4.79 Å². The number of ether oxygens (including phenoxy) is 1. The van der Waals surface area contributed by atoms with E-state index in [4.69, 9.17) is 4.74 Å². The highest BCUT2D eigenvalue weighted by Crippen LogP contribution is 2.43. The van der Waals surface area contributed by atoms with Crippen molar-refractivity contribution in [1.29, 1.82) is 0 Å². The van der Waals surface area contributed by atoms with Crippen LogP contribution >= 0.6 is 0 Å². The molecule has 1 amide bonds. The van der Waals surface area contributed by atoms with E-state index < -0.39 is 0 Å². The van der Waals surface area contributed by atoms with Crippen LogP contribution < -0.4 is 10.1 Å². The third-order valence-electron chi connectivity index (χ3n) is 4.72. The van der Waals surface area contributed by atoms with Gasteiger partial charge in [-0.2, -0.15) is 5.10 Å². The predicted molar refractivity (Wildman–Crippen MR) is 101 cm³/mol. The van der Waals surface area contributed by atoms with E-state index in [1.807, 2.05) is 31.2 Å². The molecule has 0 atom stereocenters. The minimum Gasteiger partial charge on any atom is -0.497 e. The largest absolute Gasteiger partial charge is 0.497 e. The summed E-state index contributed by atoms with van der Waals surface area (Å²) < 4.78 is 20.4. The van der Waals surface area contributed by atoms with Crippen LogP contribution in [0.3, 0.4) is 0 Å². The van der Waals surface area contributed by atoms with Gasteiger partial charge in [-0.1, -0.05) is 0 Å². The Morgan fingerprint density at radius 3 is 2.59 bits per heavy atom. The Labute approximate surface area is 156 Å². The summed E-state index contributed by atoms with van der Waals surface area (Å²) >= 11 is 0. The number of nitrogens with zero attached hydrogens (tertiary/aromatic N) is 2. The normalized spacial score (nSPS) is 13.4. The number of aryl methyl sites for hydroxylation is 1. The first-order valence-electron chi connectivity index (χ1n) is 8.87. The van der Waals surface area contributed by atoms with Gasteiger partial charge in [0.05, 0.1) is 12.8 Å². The zero-order valence-corrected chi connectivity index (χ0v) is 15.2. The van der Waals surface area contributed by atoms with Crippen LogP contribution in [0.1, 0.15) is 40.5 Å². The molecule has 138 valence electrons. The minimum atomic E-state index is -0.307. The molecule has 6 heteroatoms. The van der Waals surface area contributed by atoms with Crippen LogP contribution in [0.2, 0.25) is 0 Å². The van der Waals surface area contributed by atoms with Crippen LogP contribution in [-0.4, -0.2) is 22.8 Å². The van der Waals surface area contributed by atoms with Gasteiger partial charge in [-0.15, -0.1) is 0 Å². The molecule has 4 rings (SSSR count). The van der Waals surface area contributed by atoms with Crippen LogP contribution in [0, 0.1) is 12.7 Å². The van der Waals surface area contributed by atoms with Gasteiger partial charge in [0, 0.05) is 11.4 Å². The number of anilines is 1. The number of hydrogen-bond donors (Lipinski definition) is 1. The number of carbonyl (C=O) groups excluding carboxylic acids is 1. The zero-order chi connectivity index (χ0) is 19.0. The summed E-state index contributed by atoms with van der Waals surface area (Å²) in [6.45, 7) is 1.89. The molecule has 5 nitrogen and oxygen atoms in total. The lowest BCUT2D eigenvalue weighted by Gasteiger charge is -2.10. The van der Waals surface area contributed by atoms with Gasteiger partial charge in [-0.25, -0.2) is 9.07 Å². The fourth-order valence-corrected chi connectivity index (χ4v) is 3.14. The molecule has 0 saturated heterocycles. The lowest BCUT2D eigenvalue weighted by atomic mass is 10.1. The number of nitrogens with one attached hydrogen (secondary N) is 1. The molecule has 1 aromatic heterocycles. The summed E-state index contributed by atoms with van der Waals surface area (Å²) in [5, 5.41) is 7.31. The van der Waals surface area contributed by atoms with E-state index in [9.17, 15) is 9.18 Å². The fraction of sp³-hybridized carbons (Fsp3) is 0.238. The maximum absolute atomic E-state index is 13.6. The predicted octanol–water partition coefficient (Wildman–Crippen LogP) is 4.46. The topological polar surface area (TPSA) is 56.2 Å². The number of hydrogen-bond acceptors (Lipinski definition) is 3. The molecule has 0 radical (unpaired) electrons. The molecular weight excluding hydrogens is 345 g/mol. The molecule has 0 bridgehead atoms. The van der Waals surface area contributed by atoms with Crippen LogP contribution in [-0.2, 0) is 0 Å². The lowest BCUT2D eigenvalue weighted by Crippen LogP contribution is -2.14. The monoisotopic (exact) mass is 365 g/mol. The van der Waals surface area contributed by atoms with Gasteiger partial charge in [0.25, 0.3) is 5.91 Å². The first kappa shape index (κ1) is 17.3. The second-order valence-electron chi connectivity index (χ2n) is 6.74. The standard InChI is InChI=1S/C21H20FN3O2/c1-13-11-20(24-25(13)16-6-8-17(27-2)9-7-16)21(26)23-19-10-5-15(22)12-18(19)14-3-4-14/h5-12,14H,3-4H2,1-2H3,(H,23,26). The second-order valence-corrected chi connectivity index (χ2v) is 6.74. The van der Waals surface area contributed by atoms with E-state index >= 15 is 0 Å². The Hall–Kier alpha value is -3.15. The summed E-state index contributed by atoms with van der Waals surface area (Å²) in [6, 6.07) is 13.7. The first-order chi connectivity index (χ1) is 13.0. The van der Waals surface area contributed by atoms with Crippen molar-refractivity contribution < 1.29 is 13.9 Å². The van der Waals surface area contributed by atoms with E-state index in [1.54, 1.807) is 23.9 Å². The van der Waals surface area contributed by atoms with Crippen molar-refractivity contribution in [2.45, 2.75) is 25.7 Å². The van der Waals surface area contributed by atoms with Gasteiger partial charge in [0.2, 0.25) is 0 Å². The molecular formula is C21H20FN3O2. The van der Waals surface area contributed by atoms with E-state index in [-0.39, 0.29) is 11.7 Å². The number of halogens is 1. The van der Waals surface area contributed by atoms with Crippen molar-refractivity contribution in [2.75, 3.05) is 12.4 Å². The summed E-state index contributed by atoms with van der Waals surface area (Å²) in [5.41, 5.74) is 3.50. The Morgan fingerprint density at radius 1 is 1.19 bits per heavy atom. The zero-order valence-electron chi connectivity index (χ0n) is 15.2. The fourth-order valence-electron chi connectivity index (χ4n) is 3.14. The maximum Gasteiger partial charge on any atom is 0.276 e. The molecule has 1 fully saturated rings. The summed E-state index contributed by atoms with van der Waals surface area (Å²) in [7, 11) is 1.61. The smallest absolute Gasteiger partial charge is 0.276 e. The van der Waals surface area contributed by atoms with Gasteiger partial charge in [-0.05, 0) is 79.8 Å². The van der Waals surface area contributed by atoms with Gasteiger partial charge in [0.1, 0.15) is 11.6 Å². The van der Waals surface area contributed by atoms with E-state index in [0.29, 0.717) is 17.3 Å². The molecule has 0 spiro atoms. The van der Waals surface area contributed by atoms with Crippen LogP contribution in [0.4, 0.5) is 10.1 Å². The van der Waals surface area contributed by atoms with Crippen LogP contribution in [0.25, 0.3) is 5.69 Å². The maximum atomic E-state index is 13.6. The minimum absolute atomic E-state index is 0.283. The summed E-state index contributed by atoms with van der Waals surface area (Å²) in [4.78, 5) is 12.7. The Bertz CT molecular complexity index is 991. The highest BCUT2D eigenvalue weighted by atomic mass is 19.1. The van der Waals surface area contributed by atoms with Crippen molar-refractivity contribution in [1.82, 2.24) is 9.78 Å². The van der Waals surface area contributed by atoms with E-state index in [0.717, 1.165) is 35.5 Å². The SMILES string of the molecule is COc1ccc(-n2nc(C(=O)Nc3ccc(F)cc3C3CC3)cc2C)cc1. The molecule has 0 unspecified atom stereocenters. The molecule has 0 aliphatic heterocycles. The van der Waals surface area contributed by atoms with Gasteiger partial charge in [0.15, 0.2) is 5.69 Å². The number of rotatable bonds is 5. The average molecular weight is 365 g/mol. The van der Waals surface area contributed by atoms with Crippen molar-refractivity contribution in [3.8, 4) is 11.4 Å². The molecule has 1 heterocycles. The van der Waals surface area contributed by atoms with Gasteiger partial charge >= 0.3 is 0 Å². The molecule has 1 aliphatic carbocycles. The molecule has 2 aromatic carbocycles. The van der Waals surface area contributed by atoms with Crippen molar-refractivity contribution in [2.24, 2.45) is 0 Å². The second kappa shape index (κ2) is 6.87. The molecule has 1 N–H and O–H groups in total. The third-order valence-corrected chi connectivity index (χ3v) is 4.72. The molecule has 27 heavy (non-hydrogen) atoms. The summed E-state index contributed by atoms with van der Waals surface area (Å²) in [5.74, 6) is 0.494. The number of amides is 1. The number of carbonyl (C=O) groups is 1. The Kier molecular flexibility index (Phi) is 4.39. The number of methoxy groups -OCH3 is 1. The van der Waals surface area contributed by atoms with Crippen LogP contribution in [0.15, 0.2) is 48.5 Å². The van der Waals surface area contributed by atoms with Crippen molar-refractivity contribution in [3.63, 3.8) is 0 Å². The van der Waals surface area contributed by atoms with Crippen molar-refractivity contribution >= 4 is 11.6 Å². The Balaban J connectivity index is 1.58. The number of aromatic nitrogens is 2. The average Bonchev–Trinajstić information content (AvgIpc) is 3.45. The Morgan fingerprint density at radius 2 is 1.93 bits per heavy atom. The van der Waals surface area contributed by atoms with Gasteiger partial charge < -0.3 is 10.1 Å². The highest BCUT2D eigenvalue weighted by Gasteiger charge is 2.27. The van der Waals surface area contributed by atoms with E-state index in [2.05, 4.69) is 10.4 Å². The molecule has 1 aliphatic rings. The highest BCUT2D eigenvalue weighted by molar-refractivity contribution is 6.03. The molecule has 1 saturated carbocycles. The van der Waals surface area contributed by atoms with Crippen molar-refractivity contribution in [3.05, 3.63) is 71.3 Å². The number of benzene rings is 2. The third kappa shape index (κ3) is 3.56. The quantitative estimate of drug-likeness (QED) is 0.726. The summed E-state index contributed by atoms with van der Waals surface area (Å²) in [6.07, 6.45) is 2.05. The first-order valence-corrected chi connectivity index (χ1v) is 8.87.